The third-order valence-corrected chi connectivity index (χ3v) is 3.02. The number of benzene rings is 1. The van der Waals surface area contributed by atoms with Crippen LogP contribution in [0, 0.1) is 18.7 Å². The molecule has 3 N–H and O–H groups in total. The van der Waals surface area contributed by atoms with Crippen LogP contribution in [0.4, 0.5) is 10.1 Å². The van der Waals surface area contributed by atoms with E-state index in [2.05, 4.69) is 5.32 Å². The molecule has 82 valence electrons. The molecule has 0 spiro atoms. The standard InChI is InChI=1S/C12H17FN2/c1-8-4-11(2-3-12(8)13)15-7-9-5-10(14)6-9/h2-4,9-10,15H,5-7,14H2,1H3. The summed E-state index contributed by atoms with van der Waals surface area (Å²) in [4.78, 5) is 0. The van der Waals surface area contributed by atoms with E-state index in [1.807, 2.05) is 6.07 Å². The zero-order chi connectivity index (χ0) is 10.8. The minimum Gasteiger partial charge on any atom is -0.385 e. The van der Waals surface area contributed by atoms with Crippen LogP contribution in [0.2, 0.25) is 0 Å². The maximum atomic E-state index is 13.0. The van der Waals surface area contributed by atoms with Crippen LogP contribution < -0.4 is 11.1 Å². The zero-order valence-corrected chi connectivity index (χ0v) is 8.96. The molecule has 1 fully saturated rings. The molecular weight excluding hydrogens is 191 g/mol. The average Bonchev–Trinajstić information content (AvgIpc) is 2.16. The number of nitrogens with two attached hydrogens (primary N) is 1. The van der Waals surface area contributed by atoms with Crippen molar-refractivity contribution in [2.24, 2.45) is 11.7 Å². The molecule has 2 rings (SSSR count). The number of aryl methyl sites for hydroxylation is 1. The van der Waals surface area contributed by atoms with Crippen molar-refractivity contribution in [1.82, 2.24) is 0 Å². The summed E-state index contributed by atoms with van der Waals surface area (Å²) in [6, 6.07) is 5.52. The van der Waals surface area contributed by atoms with Crippen molar-refractivity contribution in [3.8, 4) is 0 Å². The first-order valence-electron chi connectivity index (χ1n) is 5.41. The summed E-state index contributed by atoms with van der Waals surface area (Å²) in [5.74, 6) is 0.538. The number of hydrogen-bond donors (Lipinski definition) is 2. The van der Waals surface area contributed by atoms with Gasteiger partial charge in [0.1, 0.15) is 5.82 Å². The lowest BCUT2D eigenvalue weighted by atomic mass is 9.81. The van der Waals surface area contributed by atoms with Gasteiger partial charge in [0, 0.05) is 18.3 Å². The summed E-state index contributed by atoms with van der Waals surface area (Å²) in [5, 5.41) is 3.31. The van der Waals surface area contributed by atoms with Crippen LogP contribution in [0.3, 0.4) is 0 Å². The van der Waals surface area contributed by atoms with E-state index in [1.165, 1.54) is 6.07 Å². The van der Waals surface area contributed by atoms with Crippen molar-refractivity contribution in [2.75, 3.05) is 11.9 Å². The molecule has 1 aliphatic rings. The van der Waals surface area contributed by atoms with Crippen molar-refractivity contribution in [3.63, 3.8) is 0 Å². The fourth-order valence-electron chi connectivity index (χ4n) is 1.97. The molecule has 1 aliphatic carbocycles. The number of anilines is 1. The van der Waals surface area contributed by atoms with Crippen molar-refractivity contribution < 1.29 is 4.39 Å². The topological polar surface area (TPSA) is 38.0 Å². The summed E-state index contributed by atoms with van der Waals surface area (Å²) >= 11 is 0. The second-order valence-electron chi connectivity index (χ2n) is 4.44. The van der Waals surface area contributed by atoms with Crippen LogP contribution in [-0.2, 0) is 0 Å². The van der Waals surface area contributed by atoms with Gasteiger partial charge in [-0.25, -0.2) is 4.39 Å². The molecule has 0 radical (unpaired) electrons. The van der Waals surface area contributed by atoms with Gasteiger partial charge in [-0.15, -0.1) is 0 Å². The normalized spacial score (nSPS) is 24.7. The average molecular weight is 208 g/mol. The molecule has 3 heteroatoms. The van der Waals surface area contributed by atoms with Gasteiger partial charge in [0.15, 0.2) is 0 Å². The molecule has 0 unspecified atom stereocenters. The Hall–Kier alpha value is -1.09. The highest BCUT2D eigenvalue weighted by molar-refractivity contribution is 5.45. The molecule has 0 saturated heterocycles. The minimum absolute atomic E-state index is 0.147. The zero-order valence-electron chi connectivity index (χ0n) is 8.96. The number of hydrogen-bond acceptors (Lipinski definition) is 2. The first kappa shape index (κ1) is 10.4. The summed E-state index contributed by atoms with van der Waals surface area (Å²) < 4.78 is 13.0. The SMILES string of the molecule is Cc1cc(NCC2CC(N)C2)ccc1F. The molecule has 0 aliphatic heterocycles. The van der Waals surface area contributed by atoms with E-state index in [0.29, 0.717) is 17.5 Å². The Morgan fingerprint density at radius 1 is 1.47 bits per heavy atom. The fourth-order valence-corrected chi connectivity index (χ4v) is 1.97. The highest BCUT2D eigenvalue weighted by Crippen LogP contribution is 2.26. The van der Waals surface area contributed by atoms with E-state index in [1.54, 1.807) is 13.0 Å². The lowest BCUT2D eigenvalue weighted by Crippen LogP contribution is -2.39. The van der Waals surface area contributed by atoms with Crippen molar-refractivity contribution in [2.45, 2.75) is 25.8 Å². The molecule has 0 amide bonds. The van der Waals surface area contributed by atoms with Gasteiger partial charge < -0.3 is 11.1 Å². The van der Waals surface area contributed by atoms with Gasteiger partial charge in [-0.3, -0.25) is 0 Å². The molecule has 0 aromatic heterocycles. The largest absolute Gasteiger partial charge is 0.385 e. The summed E-state index contributed by atoms with van der Waals surface area (Å²) in [6.07, 6.45) is 2.21. The second-order valence-corrected chi connectivity index (χ2v) is 4.44. The smallest absolute Gasteiger partial charge is 0.126 e. The summed E-state index contributed by atoms with van der Waals surface area (Å²) in [5.41, 5.74) is 7.38. The third kappa shape index (κ3) is 2.48. The molecule has 15 heavy (non-hydrogen) atoms. The Morgan fingerprint density at radius 3 is 2.80 bits per heavy atom. The van der Waals surface area contributed by atoms with Gasteiger partial charge in [0.25, 0.3) is 0 Å². The molecular formula is C12H17FN2. The highest BCUT2D eigenvalue weighted by atomic mass is 19.1. The molecule has 1 aromatic rings. The number of rotatable bonds is 3. The lowest BCUT2D eigenvalue weighted by molar-refractivity contribution is 0.280. The van der Waals surface area contributed by atoms with Crippen molar-refractivity contribution in [1.29, 1.82) is 0 Å². The van der Waals surface area contributed by atoms with Gasteiger partial charge in [-0.2, -0.15) is 0 Å². The molecule has 1 aromatic carbocycles. The molecule has 2 nitrogen and oxygen atoms in total. The number of halogens is 1. The predicted molar refractivity (Wildman–Crippen MR) is 60.3 cm³/mol. The monoisotopic (exact) mass is 208 g/mol. The Labute approximate surface area is 89.7 Å². The van der Waals surface area contributed by atoms with Crippen molar-refractivity contribution in [3.05, 3.63) is 29.6 Å². The Kier molecular flexibility index (Phi) is 2.91. The van der Waals surface area contributed by atoms with Gasteiger partial charge in [0.2, 0.25) is 0 Å². The quantitative estimate of drug-likeness (QED) is 0.799. The van der Waals surface area contributed by atoms with E-state index in [9.17, 15) is 4.39 Å². The molecule has 0 bridgehead atoms. The van der Waals surface area contributed by atoms with Gasteiger partial charge in [0.05, 0.1) is 0 Å². The Balaban J connectivity index is 1.86. The maximum absolute atomic E-state index is 13.0. The fraction of sp³-hybridized carbons (Fsp3) is 0.500. The lowest BCUT2D eigenvalue weighted by Gasteiger charge is -2.32. The van der Waals surface area contributed by atoms with Crippen LogP contribution in [-0.4, -0.2) is 12.6 Å². The minimum atomic E-state index is -0.147. The van der Waals surface area contributed by atoms with E-state index < -0.39 is 0 Å². The van der Waals surface area contributed by atoms with E-state index in [-0.39, 0.29) is 5.82 Å². The Morgan fingerprint density at radius 2 is 2.20 bits per heavy atom. The van der Waals surface area contributed by atoms with E-state index >= 15 is 0 Å². The van der Waals surface area contributed by atoms with Gasteiger partial charge >= 0.3 is 0 Å². The van der Waals surface area contributed by atoms with Crippen LogP contribution in [0.25, 0.3) is 0 Å². The molecule has 1 saturated carbocycles. The van der Waals surface area contributed by atoms with Crippen LogP contribution in [0.15, 0.2) is 18.2 Å². The van der Waals surface area contributed by atoms with E-state index in [4.69, 9.17) is 5.73 Å². The predicted octanol–water partition coefficient (Wildman–Crippen LogP) is 2.28. The van der Waals surface area contributed by atoms with E-state index in [0.717, 1.165) is 25.1 Å². The van der Waals surface area contributed by atoms with Gasteiger partial charge in [-0.1, -0.05) is 0 Å². The first-order valence-corrected chi connectivity index (χ1v) is 5.41. The first-order chi connectivity index (χ1) is 7.15. The second kappa shape index (κ2) is 4.19. The van der Waals surface area contributed by atoms with Crippen molar-refractivity contribution >= 4 is 5.69 Å². The highest BCUT2D eigenvalue weighted by Gasteiger charge is 2.25. The molecule has 0 atom stereocenters. The van der Waals surface area contributed by atoms with Crippen LogP contribution in [0.5, 0.6) is 0 Å². The number of nitrogens with one attached hydrogen (secondary N) is 1. The molecule has 0 heterocycles. The Bertz CT molecular complexity index is 345. The third-order valence-electron chi connectivity index (χ3n) is 3.02. The maximum Gasteiger partial charge on any atom is 0.126 e. The van der Waals surface area contributed by atoms with Crippen LogP contribution >= 0.6 is 0 Å². The van der Waals surface area contributed by atoms with Gasteiger partial charge in [-0.05, 0) is 49.4 Å². The summed E-state index contributed by atoms with van der Waals surface area (Å²) in [6.45, 7) is 2.72. The summed E-state index contributed by atoms with van der Waals surface area (Å²) in [7, 11) is 0. The van der Waals surface area contributed by atoms with Crippen LogP contribution in [0.1, 0.15) is 18.4 Å².